The summed E-state index contributed by atoms with van der Waals surface area (Å²) in [5.74, 6) is 1.26. The van der Waals surface area contributed by atoms with Crippen LogP contribution in [0.1, 0.15) is 24.1 Å². The molecular formula is C22H22ClF3N4O3. The fraction of sp³-hybridized carbons (Fsp3) is 0.273. The Morgan fingerprint density at radius 3 is 2.45 bits per heavy atom. The summed E-state index contributed by atoms with van der Waals surface area (Å²) >= 11 is 6.03. The van der Waals surface area contributed by atoms with Crippen LogP contribution in [0.3, 0.4) is 0 Å². The number of primary amides is 1. The molecule has 0 saturated heterocycles. The van der Waals surface area contributed by atoms with E-state index in [9.17, 15) is 13.2 Å². The molecule has 2 heterocycles. The van der Waals surface area contributed by atoms with E-state index in [1.54, 1.807) is 48.5 Å². The Morgan fingerprint density at radius 1 is 1.15 bits per heavy atom. The van der Waals surface area contributed by atoms with E-state index < -0.39 is 18.3 Å². The maximum absolute atomic E-state index is 13.9. The van der Waals surface area contributed by atoms with Gasteiger partial charge in [-0.15, -0.1) is 0 Å². The Morgan fingerprint density at radius 2 is 1.85 bits per heavy atom. The number of aromatic nitrogens is 2. The van der Waals surface area contributed by atoms with E-state index in [-0.39, 0.29) is 12.8 Å². The number of nitrogens with one attached hydrogen (secondary N) is 1. The zero-order chi connectivity index (χ0) is 24.2. The molecule has 3 N–H and O–H groups in total. The lowest BCUT2D eigenvalue weighted by Gasteiger charge is -2.33. The van der Waals surface area contributed by atoms with Gasteiger partial charge >= 0.3 is 6.18 Å². The van der Waals surface area contributed by atoms with Crippen molar-refractivity contribution in [1.29, 1.82) is 0 Å². The Kier molecular flexibility index (Phi) is 7.37. The maximum Gasteiger partial charge on any atom is 0.410 e. The van der Waals surface area contributed by atoms with Crippen molar-refractivity contribution in [1.82, 2.24) is 9.78 Å². The Hall–Kier alpha value is -3.40. The molecule has 0 spiro atoms. The Labute approximate surface area is 193 Å². The summed E-state index contributed by atoms with van der Waals surface area (Å²) in [6.45, 7) is 0. The number of benzene rings is 2. The third kappa shape index (κ3) is 5.33. The molecule has 3 aromatic rings. The first-order valence-electron chi connectivity index (χ1n) is 9.77. The Bertz CT molecular complexity index is 1120. The molecule has 4 rings (SSSR count). The molecule has 0 aliphatic carbocycles. The molecule has 11 heteroatoms. The minimum absolute atomic E-state index is 0.206. The highest BCUT2D eigenvalue weighted by molar-refractivity contribution is 6.30. The van der Waals surface area contributed by atoms with Crippen LogP contribution in [0, 0.1) is 0 Å². The number of anilines is 1. The summed E-state index contributed by atoms with van der Waals surface area (Å²) in [7, 11) is 2.99. The average Bonchev–Trinajstić information content (AvgIpc) is 3.22. The second-order valence-corrected chi connectivity index (χ2v) is 7.55. The van der Waals surface area contributed by atoms with Crippen LogP contribution in [0.15, 0.2) is 48.5 Å². The highest BCUT2D eigenvalue weighted by atomic mass is 35.5. The third-order valence-electron chi connectivity index (χ3n) is 5.12. The molecule has 0 bridgehead atoms. The predicted octanol–water partition coefficient (Wildman–Crippen LogP) is 4.98. The summed E-state index contributed by atoms with van der Waals surface area (Å²) in [4.78, 5) is 8.58. The van der Waals surface area contributed by atoms with Crippen molar-refractivity contribution in [3.8, 4) is 22.8 Å². The quantitative estimate of drug-likeness (QED) is 0.512. The van der Waals surface area contributed by atoms with Crippen molar-refractivity contribution in [2.24, 2.45) is 5.73 Å². The molecule has 1 amide bonds. The van der Waals surface area contributed by atoms with Crippen LogP contribution in [-0.4, -0.2) is 36.6 Å². The summed E-state index contributed by atoms with van der Waals surface area (Å²) in [5.41, 5.74) is 5.90. The lowest BCUT2D eigenvalue weighted by Crippen LogP contribution is -2.35. The lowest BCUT2D eigenvalue weighted by molar-refractivity contribution is -0.173. The fourth-order valence-corrected chi connectivity index (χ4v) is 3.84. The van der Waals surface area contributed by atoms with E-state index in [1.165, 1.54) is 14.2 Å². The number of carbonyl (C=O) groups excluding carboxylic acids is 1. The SMILES string of the molecule is COc1ccc(C2CC(C(F)(F)F)n3nc(-c4cccc(Cl)c4)cc3N2)cc1OC.NC=O. The minimum atomic E-state index is -4.46. The first-order valence-corrected chi connectivity index (χ1v) is 10.2. The van der Waals surface area contributed by atoms with Gasteiger partial charge in [-0.25, -0.2) is 4.68 Å². The second-order valence-electron chi connectivity index (χ2n) is 7.11. The number of methoxy groups -OCH3 is 2. The third-order valence-corrected chi connectivity index (χ3v) is 5.36. The number of rotatable bonds is 4. The molecule has 2 aromatic carbocycles. The van der Waals surface area contributed by atoms with Crippen LogP contribution in [-0.2, 0) is 4.79 Å². The van der Waals surface area contributed by atoms with Gasteiger partial charge in [-0.3, -0.25) is 4.79 Å². The molecule has 176 valence electrons. The van der Waals surface area contributed by atoms with Crippen LogP contribution in [0.4, 0.5) is 19.0 Å². The van der Waals surface area contributed by atoms with Gasteiger partial charge in [0.2, 0.25) is 6.41 Å². The molecule has 1 aromatic heterocycles. The number of hydrogen-bond acceptors (Lipinski definition) is 5. The normalized spacial score (nSPS) is 17.2. The van der Waals surface area contributed by atoms with E-state index in [0.717, 1.165) is 4.68 Å². The number of ether oxygens (including phenoxy) is 2. The van der Waals surface area contributed by atoms with Crippen LogP contribution in [0.5, 0.6) is 11.5 Å². The molecule has 0 saturated carbocycles. The number of amides is 1. The van der Waals surface area contributed by atoms with Crippen LogP contribution < -0.4 is 20.5 Å². The molecule has 7 nitrogen and oxygen atoms in total. The number of hydrogen-bond donors (Lipinski definition) is 2. The molecule has 1 aliphatic rings. The number of halogens is 4. The number of carbonyl (C=O) groups is 1. The van der Waals surface area contributed by atoms with Gasteiger partial charge in [0.25, 0.3) is 0 Å². The van der Waals surface area contributed by atoms with Gasteiger partial charge in [-0.1, -0.05) is 29.8 Å². The van der Waals surface area contributed by atoms with Gasteiger partial charge in [-0.2, -0.15) is 18.3 Å². The fourth-order valence-electron chi connectivity index (χ4n) is 3.65. The average molecular weight is 483 g/mol. The topological polar surface area (TPSA) is 91.4 Å². The van der Waals surface area contributed by atoms with E-state index in [1.807, 2.05) is 0 Å². The van der Waals surface area contributed by atoms with Crippen molar-refractivity contribution in [2.75, 3.05) is 19.5 Å². The minimum Gasteiger partial charge on any atom is -0.493 e. The smallest absolute Gasteiger partial charge is 0.410 e. The molecule has 0 fully saturated rings. The standard InChI is InChI=1S/C21H19ClF3N3O2.CH3NO/c1-29-17-7-6-13(9-18(17)30-2)15-10-19(21(23,24)25)28-20(26-15)11-16(27-28)12-4-3-5-14(22)8-12;2-1-3/h3-9,11,15,19,26H,10H2,1-2H3;1H,(H2,2,3). The largest absolute Gasteiger partial charge is 0.493 e. The first-order chi connectivity index (χ1) is 15.7. The van der Waals surface area contributed by atoms with Crippen LogP contribution in [0.25, 0.3) is 11.3 Å². The van der Waals surface area contributed by atoms with Crippen molar-refractivity contribution >= 4 is 23.8 Å². The van der Waals surface area contributed by atoms with E-state index >= 15 is 0 Å². The molecule has 1 aliphatic heterocycles. The summed E-state index contributed by atoms with van der Waals surface area (Å²) in [6, 6.07) is 11.2. The zero-order valence-corrected chi connectivity index (χ0v) is 18.5. The first kappa shape index (κ1) is 24.2. The van der Waals surface area contributed by atoms with Gasteiger partial charge in [0.1, 0.15) is 5.82 Å². The highest BCUT2D eigenvalue weighted by Crippen LogP contribution is 2.45. The van der Waals surface area contributed by atoms with Gasteiger partial charge in [0.15, 0.2) is 17.5 Å². The molecule has 2 atom stereocenters. The predicted molar refractivity (Wildman–Crippen MR) is 119 cm³/mol. The summed E-state index contributed by atoms with van der Waals surface area (Å²) < 4.78 is 53.2. The molecule has 2 unspecified atom stereocenters. The molecule has 33 heavy (non-hydrogen) atoms. The number of nitrogens with two attached hydrogens (primary N) is 1. The van der Waals surface area contributed by atoms with E-state index in [4.69, 9.17) is 25.9 Å². The number of nitrogens with zero attached hydrogens (tertiary/aromatic N) is 2. The van der Waals surface area contributed by atoms with Crippen molar-refractivity contribution in [3.63, 3.8) is 0 Å². The summed E-state index contributed by atoms with van der Waals surface area (Å²) in [6.07, 6.45) is -4.41. The number of fused-ring (bicyclic) bond motifs is 1. The van der Waals surface area contributed by atoms with E-state index in [0.29, 0.717) is 39.2 Å². The monoisotopic (exact) mass is 482 g/mol. The highest BCUT2D eigenvalue weighted by Gasteiger charge is 2.46. The summed E-state index contributed by atoms with van der Waals surface area (Å²) in [5, 5.41) is 7.90. The van der Waals surface area contributed by atoms with Gasteiger partial charge < -0.3 is 20.5 Å². The van der Waals surface area contributed by atoms with Gasteiger partial charge in [0.05, 0.1) is 26.0 Å². The molecule has 0 radical (unpaired) electrons. The maximum atomic E-state index is 13.9. The van der Waals surface area contributed by atoms with Crippen molar-refractivity contribution in [3.05, 3.63) is 59.1 Å². The van der Waals surface area contributed by atoms with Gasteiger partial charge in [0, 0.05) is 23.1 Å². The van der Waals surface area contributed by atoms with Crippen molar-refractivity contribution in [2.45, 2.75) is 24.7 Å². The van der Waals surface area contributed by atoms with Gasteiger partial charge in [-0.05, 0) is 29.8 Å². The van der Waals surface area contributed by atoms with E-state index in [2.05, 4.69) is 16.1 Å². The lowest BCUT2D eigenvalue weighted by atomic mass is 9.96. The van der Waals surface area contributed by atoms with Crippen LogP contribution >= 0.6 is 11.6 Å². The van der Waals surface area contributed by atoms with Crippen LogP contribution in [0.2, 0.25) is 5.02 Å². The zero-order valence-electron chi connectivity index (χ0n) is 17.8. The number of alkyl halides is 3. The second kappa shape index (κ2) is 10.0. The molecular weight excluding hydrogens is 461 g/mol. The van der Waals surface area contributed by atoms with Crippen molar-refractivity contribution < 1.29 is 27.4 Å². The Balaban J connectivity index is 0.000000968.